The molecule has 0 radical (unpaired) electrons. The summed E-state index contributed by atoms with van der Waals surface area (Å²) in [5.41, 5.74) is 5.52. The highest BCUT2D eigenvalue weighted by Gasteiger charge is 2.37. The SMILES string of the molecule is CC1(C)CC(=C(c2ccc(O)cc2)c2ccc(OCCOCCO)cc2)CC(C)(C)C1. The number of allylic oxidation sites excluding steroid dienone is 1. The summed E-state index contributed by atoms with van der Waals surface area (Å²) in [5.74, 6) is 1.08. The summed E-state index contributed by atoms with van der Waals surface area (Å²) in [5, 5.41) is 18.6. The summed E-state index contributed by atoms with van der Waals surface area (Å²) in [6, 6.07) is 15.8. The van der Waals surface area contributed by atoms with Crippen LogP contribution in [0, 0.1) is 10.8 Å². The van der Waals surface area contributed by atoms with Crippen molar-refractivity contribution in [1.82, 2.24) is 0 Å². The number of hydrogen-bond donors (Lipinski definition) is 2. The zero-order chi connectivity index (χ0) is 22.5. The highest BCUT2D eigenvalue weighted by Crippen LogP contribution is 2.50. The van der Waals surface area contributed by atoms with Crippen molar-refractivity contribution in [3.63, 3.8) is 0 Å². The van der Waals surface area contributed by atoms with Crippen LogP contribution in [0.25, 0.3) is 5.57 Å². The number of rotatable bonds is 8. The summed E-state index contributed by atoms with van der Waals surface area (Å²) in [6.45, 7) is 10.7. The standard InChI is InChI=1S/C27H36O4/c1-26(2)17-22(18-27(3,4)19-26)25(20-5-9-23(29)10-6-20)21-7-11-24(12-8-21)31-16-15-30-14-13-28/h5-12,28-29H,13-19H2,1-4H3. The third-order valence-corrected chi connectivity index (χ3v) is 5.73. The van der Waals surface area contributed by atoms with E-state index in [-0.39, 0.29) is 23.2 Å². The molecule has 31 heavy (non-hydrogen) atoms. The van der Waals surface area contributed by atoms with E-state index in [1.807, 2.05) is 24.3 Å². The number of benzene rings is 2. The average molecular weight is 425 g/mol. The quantitative estimate of drug-likeness (QED) is 0.524. The monoisotopic (exact) mass is 424 g/mol. The van der Waals surface area contributed by atoms with Crippen molar-refractivity contribution in [3.05, 3.63) is 65.2 Å². The van der Waals surface area contributed by atoms with E-state index in [4.69, 9.17) is 14.6 Å². The zero-order valence-corrected chi connectivity index (χ0v) is 19.3. The minimum absolute atomic E-state index is 0.0248. The van der Waals surface area contributed by atoms with Crippen LogP contribution in [0.15, 0.2) is 54.1 Å². The number of aliphatic hydroxyl groups excluding tert-OH is 1. The summed E-state index contributed by atoms with van der Waals surface area (Å²) in [7, 11) is 0. The second kappa shape index (κ2) is 9.88. The highest BCUT2D eigenvalue weighted by molar-refractivity contribution is 5.82. The van der Waals surface area contributed by atoms with E-state index in [1.54, 1.807) is 12.1 Å². The molecule has 0 unspecified atom stereocenters. The molecule has 4 nitrogen and oxygen atoms in total. The molecular formula is C27H36O4. The van der Waals surface area contributed by atoms with Crippen LogP contribution >= 0.6 is 0 Å². The molecule has 1 aliphatic rings. The van der Waals surface area contributed by atoms with E-state index < -0.39 is 0 Å². The van der Waals surface area contributed by atoms with Gasteiger partial charge in [-0.2, -0.15) is 0 Å². The Kier molecular flexibility index (Phi) is 7.45. The van der Waals surface area contributed by atoms with Crippen molar-refractivity contribution in [3.8, 4) is 11.5 Å². The van der Waals surface area contributed by atoms with Crippen molar-refractivity contribution in [2.45, 2.75) is 47.0 Å². The molecule has 0 bridgehead atoms. The first kappa shape index (κ1) is 23.4. The van der Waals surface area contributed by atoms with Gasteiger partial charge in [0.1, 0.15) is 18.1 Å². The lowest BCUT2D eigenvalue weighted by molar-refractivity contribution is 0.0705. The van der Waals surface area contributed by atoms with Crippen LogP contribution in [0.1, 0.15) is 58.1 Å². The fourth-order valence-electron chi connectivity index (χ4n) is 5.12. The first-order chi connectivity index (χ1) is 14.7. The fraction of sp³-hybridized carbons (Fsp3) is 0.481. The highest BCUT2D eigenvalue weighted by atomic mass is 16.5. The molecule has 0 atom stereocenters. The minimum atomic E-state index is 0.0248. The maximum absolute atomic E-state index is 9.80. The first-order valence-corrected chi connectivity index (χ1v) is 11.1. The van der Waals surface area contributed by atoms with E-state index in [9.17, 15) is 5.11 Å². The maximum atomic E-state index is 9.80. The zero-order valence-electron chi connectivity index (χ0n) is 19.3. The van der Waals surface area contributed by atoms with Gasteiger partial charge in [0.25, 0.3) is 0 Å². The lowest BCUT2D eigenvalue weighted by atomic mass is 9.62. The molecule has 0 aromatic heterocycles. The van der Waals surface area contributed by atoms with Crippen molar-refractivity contribution in [2.24, 2.45) is 10.8 Å². The lowest BCUT2D eigenvalue weighted by Gasteiger charge is -2.43. The third kappa shape index (κ3) is 6.59. The number of ether oxygens (including phenoxy) is 2. The number of phenolic OH excluding ortho intramolecular Hbond substituents is 1. The molecule has 0 spiro atoms. The summed E-state index contributed by atoms with van der Waals surface area (Å²) < 4.78 is 11.0. The smallest absolute Gasteiger partial charge is 0.119 e. The van der Waals surface area contributed by atoms with E-state index in [2.05, 4.69) is 39.8 Å². The Balaban J connectivity index is 1.91. The van der Waals surface area contributed by atoms with Gasteiger partial charge in [-0.3, -0.25) is 0 Å². The summed E-state index contributed by atoms with van der Waals surface area (Å²) in [4.78, 5) is 0. The number of hydrogen-bond acceptors (Lipinski definition) is 4. The van der Waals surface area contributed by atoms with Gasteiger partial charge in [0.15, 0.2) is 0 Å². The van der Waals surface area contributed by atoms with Crippen LogP contribution in [0.5, 0.6) is 11.5 Å². The summed E-state index contributed by atoms with van der Waals surface area (Å²) >= 11 is 0. The van der Waals surface area contributed by atoms with Gasteiger partial charge in [-0.05, 0) is 71.1 Å². The Labute approximate surface area is 186 Å². The van der Waals surface area contributed by atoms with Gasteiger partial charge < -0.3 is 19.7 Å². The van der Waals surface area contributed by atoms with E-state index in [0.717, 1.165) is 29.7 Å². The second-order valence-corrected chi connectivity index (χ2v) is 10.1. The van der Waals surface area contributed by atoms with Gasteiger partial charge in [-0.25, -0.2) is 0 Å². The van der Waals surface area contributed by atoms with Gasteiger partial charge in [0.05, 0.1) is 19.8 Å². The van der Waals surface area contributed by atoms with Crippen molar-refractivity contribution in [2.75, 3.05) is 26.4 Å². The molecule has 3 rings (SSSR count). The molecule has 1 aliphatic carbocycles. The average Bonchev–Trinajstić information content (AvgIpc) is 2.68. The van der Waals surface area contributed by atoms with Gasteiger partial charge >= 0.3 is 0 Å². The molecule has 0 amide bonds. The van der Waals surface area contributed by atoms with E-state index >= 15 is 0 Å². The van der Waals surface area contributed by atoms with E-state index in [1.165, 1.54) is 17.6 Å². The van der Waals surface area contributed by atoms with E-state index in [0.29, 0.717) is 19.8 Å². The third-order valence-electron chi connectivity index (χ3n) is 5.73. The van der Waals surface area contributed by atoms with Crippen molar-refractivity contribution < 1.29 is 19.7 Å². The number of phenols is 1. The number of aliphatic hydroxyl groups is 1. The Morgan fingerprint density at radius 2 is 1.35 bits per heavy atom. The Hall–Kier alpha value is -2.30. The van der Waals surface area contributed by atoms with Gasteiger partial charge in [0.2, 0.25) is 0 Å². The normalized spacial score (nSPS) is 17.4. The largest absolute Gasteiger partial charge is 0.508 e. The topological polar surface area (TPSA) is 58.9 Å². The molecular weight excluding hydrogens is 388 g/mol. The van der Waals surface area contributed by atoms with Gasteiger partial charge in [-0.15, -0.1) is 0 Å². The molecule has 1 saturated carbocycles. The van der Waals surface area contributed by atoms with Crippen LogP contribution in [0.4, 0.5) is 0 Å². The molecule has 2 N–H and O–H groups in total. The van der Waals surface area contributed by atoms with Crippen LogP contribution in [-0.4, -0.2) is 36.6 Å². The van der Waals surface area contributed by atoms with Gasteiger partial charge in [0, 0.05) is 0 Å². The number of aromatic hydroxyl groups is 1. The first-order valence-electron chi connectivity index (χ1n) is 11.1. The van der Waals surface area contributed by atoms with Crippen molar-refractivity contribution >= 4 is 5.57 Å². The lowest BCUT2D eigenvalue weighted by Crippen LogP contribution is -2.30. The predicted octanol–water partition coefficient (Wildman–Crippen LogP) is 5.82. The second-order valence-electron chi connectivity index (χ2n) is 10.1. The van der Waals surface area contributed by atoms with Crippen LogP contribution in [0.2, 0.25) is 0 Å². The Morgan fingerprint density at radius 3 is 1.90 bits per heavy atom. The molecule has 2 aromatic rings. The minimum Gasteiger partial charge on any atom is -0.508 e. The molecule has 0 heterocycles. The van der Waals surface area contributed by atoms with Crippen molar-refractivity contribution in [1.29, 1.82) is 0 Å². The molecule has 4 heteroatoms. The molecule has 0 aliphatic heterocycles. The molecule has 2 aromatic carbocycles. The van der Waals surface area contributed by atoms with Crippen LogP contribution < -0.4 is 4.74 Å². The molecule has 0 saturated heterocycles. The summed E-state index contributed by atoms with van der Waals surface area (Å²) in [6.07, 6.45) is 3.33. The van der Waals surface area contributed by atoms with Crippen LogP contribution in [-0.2, 0) is 4.74 Å². The fourth-order valence-corrected chi connectivity index (χ4v) is 5.12. The predicted molar refractivity (Wildman–Crippen MR) is 125 cm³/mol. The molecule has 168 valence electrons. The van der Waals surface area contributed by atoms with Crippen LogP contribution in [0.3, 0.4) is 0 Å². The van der Waals surface area contributed by atoms with Gasteiger partial charge in [-0.1, -0.05) is 57.5 Å². The molecule has 1 fully saturated rings. The Morgan fingerprint density at radius 1 is 0.806 bits per heavy atom. The maximum Gasteiger partial charge on any atom is 0.119 e. The Bertz CT molecular complexity index is 858.